The second-order valence-corrected chi connectivity index (χ2v) is 12.2. The lowest BCUT2D eigenvalue weighted by Gasteiger charge is -2.38. The van der Waals surface area contributed by atoms with Gasteiger partial charge in [-0.15, -0.1) is 0 Å². The smallest absolute Gasteiger partial charge is 0.331 e. The number of sulfone groups is 1. The topological polar surface area (TPSA) is 120 Å². The molecule has 0 spiro atoms. The number of pyridine rings is 1. The van der Waals surface area contributed by atoms with Gasteiger partial charge in [0.1, 0.15) is 4.75 Å². The van der Waals surface area contributed by atoms with Crippen molar-refractivity contribution in [1.82, 2.24) is 9.88 Å². The van der Waals surface area contributed by atoms with Crippen molar-refractivity contribution in [3.05, 3.63) is 107 Å². The van der Waals surface area contributed by atoms with Crippen molar-refractivity contribution in [1.29, 1.82) is 0 Å². The van der Waals surface area contributed by atoms with Crippen LogP contribution in [0.25, 0.3) is 6.08 Å². The number of carbonyl (C=O) groups is 2. The van der Waals surface area contributed by atoms with Gasteiger partial charge in [-0.3, -0.25) is 9.78 Å². The van der Waals surface area contributed by atoms with Crippen LogP contribution in [0.2, 0.25) is 0 Å². The molecule has 37 heavy (non-hydrogen) atoms. The third-order valence-electron chi connectivity index (χ3n) is 7.01. The van der Waals surface area contributed by atoms with Crippen molar-refractivity contribution < 1.29 is 22.7 Å². The highest BCUT2D eigenvalue weighted by Crippen LogP contribution is 2.49. The molecule has 0 unspecified atom stereocenters. The molecule has 0 radical (unpaired) electrons. The van der Waals surface area contributed by atoms with Crippen LogP contribution in [-0.4, -0.2) is 46.3 Å². The molecule has 1 amide bonds. The molecular weight excluding hydrogens is 490 g/mol. The van der Waals surface area contributed by atoms with E-state index in [9.17, 15) is 18.0 Å². The number of nitrogens with two attached hydrogens (primary N) is 1. The van der Waals surface area contributed by atoms with Crippen molar-refractivity contribution in [2.75, 3.05) is 0 Å². The molecule has 2 aliphatic heterocycles. The molecule has 2 N–H and O–H groups in total. The molecule has 2 saturated heterocycles. The number of ether oxygens (including phenoxy) is 1. The van der Waals surface area contributed by atoms with Crippen LogP contribution in [0.4, 0.5) is 0 Å². The minimum Gasteiger partial charge on any atom is -0.451 e. The van der Waals surface area contributed by atoms with E-state index in [1.165, 1.54) is 19.9 Å². The van der Waals surface area contributed by atoms with Gasteiger partial charge in [-0.1, -0.05) is 60.7 Å². The van der Waals surface area contributed by atoms with Crippen molar-refractivity contribution in [2.45, 2.75) is 42.7 Å². The Balaban J connectivity index is 1.50. The standard InChI is InChI=1S/C28H27N3O5S/c1-28(2)24(27(33)36-23(19-9-5-3-6-10-19)20-11-7-4-8-12-20)31-25(32)22(26(31)37(28,34)35)16-21-15-18(17-29)13-14-30-21/h3-16,23-24,26H,17,29H2,1-2H3/t24-,26+/m0/s1. The highest BCUT2D eigenvalue weighted by Gasteiger charge is 2.70. The lowest BCUT2D eigenvalue weighted by atomic mass is 9.94. The largest absolute Gasteiger partial charge is 0.451 e. The van der Waals surface area contributed by atoms with Crippen LogP contribution in [0.1, 0.15) is 42.3 Å². The number of fused-ring (bicyclic) bond motifs is 1. The van der Waals surface area contributed by atoms with Crippen LogP contribution in [0.3, 0.4) is 0 Å². The normalized spacial score (nSPS) is 22.5. The fraction of sp³-hybridized carbons (Fsp3) is 0.250. The zero-order chi connectivity index (χ0) is 26.4. The van der Waals surface area contributed by atoms with Crippen molar-refractivity contribution in [2.24, 2.45) is 5.73 Å². The van der Waals surface area contributed by atoms with E-state index in [2.05, 4.69) is 4.98 Å². The van der Waals surface area contributed by atoms with E-state index >= 15 is 0 Å². The van der Waals surface area contributed by atoms with Gasteiger partial charge in [0.15, 0.2) is 27.4 Å². The predicted octanol–water partition coefficient (Wildman–Crippen LogP) is 3.00. The molecule has 2 aliphatic rings. The first-order valence-corrected chi connectivity index (χ1v) is 13.4. The number of amides is 1. The summed E-state index contributed by atoms with van der Waals surface area (Å²) >= 11 is 0. The molecule has 2 atom stereocenters. The van der Waals surface area contributed by atoms with Gasteiger partial charge < -0.3 is 15.4 Å². The van der Waals surface area contributed by atoms with Crippen molar-refractivity contribution >= 4 is 27.8 Å². The molecule has 8 nitrogen and oxygen atoms in total. The van der Waals surface area contributed by atoms with Gasteiger partial charge in [0.05, 0.1) is 11.3 Å². The number of hydrogen-bond acceptors (Lipinski definition) is 7. The zero-order valence-corrected chi connectivity index (χ0v) is 21.3. The molecule has 0 saturated carbocycles. The van der Waals surface area contributed by atoms with Crippen LogP contribution in [0.5, 0.6) is 0 Å². The molecular formula is C28H27N3O5S. The summed E-state index contributed by atoms with van der Waals surface area (Å²) in [7, 11) is -3.96. The highest BCUT2D eigenvalue weighted by molar-refractivity contribution is 7.94. The first kappa shape index (κ1) is 24.9. The molecule has 2 fully saturated rings. The quantitative estimate of drug-likeness (QED) is 0.303. The van der Waals surface area contributed by atoms with Crippen LogP contribution in [0, 0.1) is 0 Å². The predicted molar refractivity (Wildman–Crippen MR) is 138 cm³/mol. The van der Waals surface area contributed by atoms with Crippen LogP contribution < -0.4 is 5.73 Å². The Hall–Kier alpha value is -3.82. The van der Waals surface area contributed by atoms with E-state index in [4.69, 9.17) is 10.5 Å². The first-order valence-electron chi connectivity index (χ1n) is 11.9. The maximum Gasteiger partial charge on any atom is 0.331 e. The van der Waals surface area contributed by atoms with Gasteiger partial charge in [0.2, 0.25) is 0 Å². The average molecular weight is 518 g/mol. The van der Waals surface area contributed by atoms with Crippen molar-refractivity contribution in [3.8, 4) is 0 Å². The Labute approximate surface area is 215 Å². The Bertz CT molecular complexity index is 1450. The first-order chi connectivity index (χ1) is 17.7. The van der Waals surface area contributed by atoms with Crippen LogP contribution in [0.15, 0.2) is 84.6 Å². The molecule has 2 aromatic carbocycles. The molecule has 9 heteroatoms. The van der Waals surface area contributed by atoms with E-state index in [0.29, 0.717) is 5.69 Å². The van der Waals surface area contributed by atoms with Gasteiger partial charge in [0, 0.05) is 12.7 Å². The number of benzene rings is 2. The summed E-state index contributed by atoms with van der Waals surface area (Å²) in [6, 6.07) is 20.5. The van der Waals surface area contributed by atoms with E-state index in [-0.39, 0.29) is 12.1 Å². The molecule has 1 aromatic heterocycles. The lowest BCUT2D eigenvalue weighted by Crippen LogP contribution is -2.59. The summed E-state index contributed by atoms with van der Waals surface area (Å²) in [4.78, 5) is 32.3. The SMILES string of the molecule is CC1(C)[C@H](C(=O)OC(c2ccccc2)c2ccccc2)N2C(=O)C(=Cc3cc(CN)ccn3)[C@H]2S1(=O)=O. The van der Waals surface area contributed by atoms with E-state index < -0.39 is 44.0 Å². The van der Waals surface area contributed by atoms with Crippen LogP contribution >= 0.6 is 0 Å². The summed E-state index contributed by atoms with van der Waals surface area (Å²) in [5.74, 6) is -1.30. The maximum atomic E-state index is 13.7. The summed E-state index contributed by atoms with van der Waals surface area (Å²) in [5.41, 5.74) is 8.47. The van der Waals surface area contributed by atoms with Crippen LogP contribution in [-0.2, 0) is 30.7 Å². The molecule has 190 valence electrons. The number of nitrogens with zero attached hydrogens (tertiary/aromatic N) is 2. The Morgan fingerprint density at radius 3 is 2.24 bits per heavy atom. The minimum atomic E-state index is -3.96. The van der Waals surface area contributed by atoms with Gasteiger partial charge in [-0.05, 0) is 48.7 Å². The monoisotopic (exact) mass is 517 g/mol. The Morgan fingerprint density at radius 2 is 1.68 bits per heavy atom. The number of carbonyl (C=O) groups excluding carboxylic acids is 2. The van der Waals surface area contributed by atoms with Crippen molar-refractivity contribution in [3.63, 3.8) is 0 Å². The third-order valence-corrected chi connectivity index (χ3v) is 9.77. The summed E-state index contributed by atoms with van der Waals surface area (Å²) < 4.78 is 31.6. The summed E-state index contributed by atoms with van der Waals surface area (Å²) in [5, 5.41) is -1.25. The molecule has 3 aromatic rings. The number of esters is 1. The van der Waals surface area contributed by atoms with E-state index in [0.717, 1.165) is 21.6 Å². The second kappa shape index (κ2) is 9.24. The number of hydrogen-bond donors (Lipinski definition) is 1. The zero-order valence-electron chi connectivity index (χ0n) is 20.4. The molecule has 0 bridgehead atoms. The highest BCUT2D eigenvalue weighted by atomic mass is 32.2. The maximum absolute atomic E-state index is 13.7. The summed E-state index contributed by atoms with van der Waals surface area (Å²) in [6.45, 7) is 3.21. The lowest BCUT2D eigenvalue weighted by molar-refractivity contribution is -0.160. The average Bonchev–Trinajstić information content (AvgIpc) is 3.05. The Kier molecular flexibility index (Phi) is 6.21. The fourth-order valence-corrected chi connectivity index (χ4v) is 7.06. The van der Waals surface area contributed by atoms with E-state index in [1.807, 2.05) is 60.7 Å². The summed E-state index contributed by atoms with van der Waals surface area (Å²) in [6.07, 6.45) is 2.25. The number of rotatable bonds is 6. The van der Waals surface area contributed by atoms with Gasteiger partial charge in [0.25, 0.3) is 5.91 Å². The fourth-order valence-electron chi connectivity index (χ4n) is 4.95. The third kappa shape index (κ3) is 4.04. The molecule has 0 aliphatic carbocycles. The van der Waals surface area contributed by atoms with Gasteiger partial charge >= 0.3 is 5.97 Å². The Morgan fingerprint density at radius 1 is 1.08 bits per heavy atom. The second-order valence-electron chi connectivity index (χ2n) is 9.65. The number of β-lactam (4-membered cyclic amide) rings is 1. The van der Waals surface area contributed by atoms with E-state index in [1.54, 1.807) is 18.3 Å². The van der Waals surface area contributed by atoms with Gasteiger partial charge in [-0.25, -0.2) is 13.2 Å². The van der Waals surface area contributed by atoms with Gasteiger partial charge in [-0.2, -0.15) is 0 Å². The number of aromatic nitrogens is 1. The molecule has 5 rings (SSSR count). The minimum absolute atomic E-state index is 0.0766. The molecule has 3 heterocycles.